The molecule has 0 bridgehead atoms. The van der Waals surface area contributed by atoms with Gasteiger partial charge in [-0.15, -0.1) is 0 Å². The number of benzene rings is 1. The number of carbonyl (C=O) groups is 1. The summed E-state index contributed by atoms with van der Waals surface area (Å²) in [6.45, 7) is 2.02. The van der Waals surface area contributed by atoms with Gasteiger partial charge < -0.3 is 16.4 Å². The number of carbonyl (C=O) groups excluding carboxylic acids is 1. The van der Waals surface area contributed by atoms with Crippen molar-refractivity contribution in [3.8, 4) is 0 Å². The van der Waals surface area contributed by atoms with E-state index in [1.807, 2.05) is 0 Å². The number of hydrogen-bond donors (Lipinski definition) is 4. The highest BCUT2D eigenvalue weighted by Crippen LogP contribution is 2.16. The van der Waals surface area contributed by atoms with E-state index in [-0.39, 0.29) is 11.3 Å². The summed E-state index contributed by atoms with van der Waals surface area (Å²) < 4.78 is 0. The van der Waals surface area contributed by atoms with Gasteiger partial charge in [0.2, 0.25) is 0 Å². The molecule has 1 aromatic carbocycles. The highest BCUT2D eigenvalue weighted by atomic mass is 35.5. The average Bonchev–Trinajstić information content (AvgIpc) is 2.39. The van der Waals surface area contributed by atoms with Crippen molar-refractivity contribution in [3.63, 3.8) is 0 Å². The second-order valence-electron chi connectivity index (χ2n) is 4.21. The molecule has 5 nitrogen and oxygen atoms in total. The summed E-state index contributed by atoms with van der Waals surface area (Å²) in [5.74, 6) is -0.615. The lowest BCUT2D eigenvalue weighted by molar-refractivity contribution is -0.114. The number of primary amides is 1. The van der Waals surface area contributed by atoms with Crippen LogP contribution in [0.1, 0.15) is 5.56 Å². The fraction of sp³-hybridized carbons (Fsp3) is 0.231. The van der Waals surface area contributed by atoms with Gasteiger partial charge in [0.15, 0.2) is 0 Å². The molecule has 0 spiro atoms. The molecule has 1 aliphatic rings. The normalized spacial score (nSPS) is 17.5. The first kappa shape index (κ1) is 13.6. The first-order valence-corrected chi connectivity index (χ1v) is 6.30. The molecule has 1 aromatic rings. The highest BCUT2D eigenvalue weighted by molar-refractivity contribution is 6.32. The third-order valence-electron chi connectivity index (χ3n) is 2.85. The summed E-state index contributed by atoms with van der Waals surface area (Å²) in [7, 11) is 0. The molecule has 1 amide bonds. The minimum Gasteiger partial charge on any atom is -0.385 e. The Hall–Kier alpha value is -1.85. The number of nitrogens with two attached hydrogens (primary N) is 1. The first-order valence-electron chi connectivity index (χ1n) is 5.92. The van der Waals surface area contributed by atoms with Crippen molar-refractivity contribution in [3.05, 3.63) is 46.1 Å². The quantitative estimate of drug-likeness (QED) is 0.483. The number of piperazine rings is 1. The Morgan fingerprint density at radius 3 is 2.74 bits per heavy atom. The van der Waals surface area contributed by atoms with Crippen molar-refractivity contribution >= 4 is 23.2 Å². The van der Waals surface area contributed by atoms with E-state index in [9.17, 15) is 4.79 Å². The monoisotopic (exact) mass is 278 g/mol. The average molecular weight is 279 g/mol. The molecule has 1 heterocycles. The van der Waals surface area contributed by atoms with Crippen LogP contribution in [0.15, 0.2) is 35.5 Å². The van der Waals surface area contributed by atoms with E-state index >= 15 is 0 Å². The van der Waals surface area contributed by atoms with Crippen LogP contribution in [0, 0.1) is 5.41 Å². The standard InChI is InChI=1S/C13H15ClN4O/c14-9-3-1-2-8(6-9)12(15)11(13(16)19)10-7-17-4-5-18-10/h1-3,6,15,17-18H,4-5,7H2,(H2,16,19)/b11-10+,15-12?. The Balaban J connectivity index is 2.39. The predicted molar refractivity (Wildman–Crippen MR) is 75.4 cm³/mol. The number of amides is 1. The SMILES string of the molecule is N=C(/C(C(N)=O)=C1/CNCCN1)c1cccc(Cl)c1. The van der Waals surface area contributed by atoms with E-state index in [1.54, 1.807) is 24.3 Å². The number of hydrogen-bond acceptors (Lipinski definition) is 4. The van der Waals surface area contributed by atoms with Crippen molar-refractivity contribution in [2.24, 2.45) is 5.73 Å². The lowest BCUT2D eigenvalue weighted by Gasteiger charge is -2.21. The van der Waals surface area contributed by atoms with Gasteiger partial charge in [-0.2, -0.15) is 0 Å². The summed E-state index contributed by atoms with van der Waals surface area (Å²) in [6.07, 6.45) is 0. The summed E-state index contributed by atoms with van der Waals surface area (Å²) in [5, 5.41) is 14.9. The van der Waals surface area contributed by atoms with Crippen LogP contribution in [-0.4, -0.2) is 31.3 Å². The summed E-state index contributed by atoms with van der Waals surface area (Å²) in [4.78, 5) is 11.6. The topological polar surface area (TPSA) is 91.0 Å². The second kappa shape index (κ2) is 5.86. The van der Waals surface area contributed by atoms with Crippen LogP contribution in [0.25, 0.3) is 0 Å². The fourth-order valence-corrected chi connectivity index (χ4v) is 2.16. The summed E-state index contributed by atoms with van der Waals surface area (Å²) in [5.41, 5.74) is 6.92. The van der Waals surface area contributed by atoms with Crippen LogP contribution in [0.5, 0.6) is 0 Å². The maximum Gasteiger partial charge on any atom is 0.252 e. The molecular formula is C13H15ClN4O. The van der Waals surface area contributed by atoms with Crippen molar-refractivity contribution in [2.75, 3.05) is 19.6 Å². The van der Waals surface area contributed by atoms with Crippen LogP contribution in [-0.2, 0) is 4.79 Å². The lowest BCUT2D eigenvalue weighted by atomic mass is 9.99. The zero-order valence-electron chi connectivity index (χ0n) is 10.3. The minimum atomic E-state index is -0.615. The maximum absolute atomic E-state index is 11.6. The third-order valence-corrected chi connectivity index (χ3v) is 3.09. The van der Waals surface area contributed by atoms with Crippen LogP contribution in [0.3, 0.4) is 0 Å². The number of halogens is 1. The molecule has 0 unspecified atom stereocenters. The molecule has 0 aliphatic carbocycles. The van der Waals surface area contributed by atoms with Gasteiger partial charge in [-0.1, -0.05) is 23.7 Å². The smallest absolute Gasteiger partial charge is 0.252 e. The van der Waals surface area contributed by atoms with Gasteiger partial charge >= 0.3 is 0 Å². The largest absolute Gasteiger partial charge is 0.385 e. The van der Waals surface area contributed by atoms with Gasteiger partial charge in [-0.05, 0) is 12.1 Å². The molecule has 5 N–H and O–H groups in total. The Morgan fingerprint density at radius 1 is 1.37 bits per heavy atom. The first-order chi connectivity index (χ1) is 9.09. The number of nitrogens with one attached hydrogen (secondary N) is 3. The minimum absolute atomic E-state index is 0.0844. The second-order valence-corrected chi connectivity index (χ2v) is 4.64. The van der Waals surface area contributed by atoms with Crippen molar-refractivity contribution < 1.29 is 4.79 Å². The van der Waals surface area contributed by atoms with Gasteiger partial charge in [0.1, 0.15) is 0 Å². The van der Waals surface area contributed by atoms with E-state index in [0.29, 0.717) is 29.4 Å². The molecule has 1 saturated heterocycles. The van der Waals surface area contributed by atoms with Crippen LogP contribution in [0.4, 0.5) is 0 Å². The van der Waals surface area contributed by atoms with E-state index in [4.69, 9.17) is 22.7 Å². The van der Waals surface area contributed by atoms with Crippen molar-refractivity contribution in [2.45, 2.75) is 0 Å². The molecule has 1 fully saturated rings. The predicted octanol–water partition coefficient (Wildman–Crippen LogP) is 0.640. The molecule has 0 saturated carbocycles. The van der Waals surface area contributed by atoms with Crippen LogP contribution >= 0.6 is 11.6 Å². The fourth-order valence-electron chi connectivity index (χ4n) is 1.97. The van der Waals surface area contributed by atoms with Gasteiger partial charge in [0.05, 0.1) is 11.3 Å². The van der Waals surface area contributed by atoms with Gasteiger partial charge in [-0.3, -0.25) is 10.2 Å². The molecular weight excluding hydrogens is 264 g/mol. The number of rotatable bonds is 3. The van der Waals surface area contributed by atoms with E-state index < -0.39 is 5.91 Å². The Kier molecular flexibility index (Phi) is 4.19. The van der Waals surface area contributed by atoms with Crippen LogP contribution in [0.2, 0.25) is 5.02 Å². The third kappa shape index (κ3) is 3.13. The van der Waals surface area contributed by atoms with E-state index in [2.05, 4.69) is 10.6 Å². The molecule has 0 aromatic heterocycles. The van der Waals surface area contributed by atoms with Crippen LogP contribution < -0.4 is 16.4 Å². The Bertz CT molecular complexity index is 545. The molecule has 2 rings (SSSR count). The maximum atomic E-state index is 11.6. The van der Waals surface area contributed by atoms with Gasteiger partial charge in [-0.25, -0.2) is 0 Å². The highest BCUT2D eigenvalue weighted by Gasteiger charge is 2.20. The molecule has 0 atom stereocenters. The zero-order chi connectivity index (χ0) is 13.8. The molecule has 100 valence electrons. The lowest BCUT2D eigenvalue weighted by Crippen LogP contribution is -2.41. The van der Waals surface area contributed by atoms with Gasteiger partial charge in [0, 0.05) is 35.9 Å². The Morgan fingerprint density at radius 2 is 2.16 bits per heavy atom. The van der Waals surface area contributed by atoms with Crippen molar-refractivity contribution in [1.82, 2.24) is 10.6 Å². The van der Waals surface area contributed by atoms with E-state index in [0.717, 1.165) is 6.54 Å². The molecule has 0 radical (unpaired) electrons. The van der Waals surface area contributed by atoms with Gasteiger partial charge in [0.25, 0.3) is 5.91 Å². The zero-order valence-corrected chi connectivity index (χ0v) is 11.1. The Labute approximate surface area is 116 Å². The molecule has 6 heteroatoms. The summed E-state index contributed by atoms with van der Waals surface area (Å²) in [6, 6.07) is 6.83. The molecule has 19 heavy (non-hydrogen) atoms. The van der Waals surface area contributed by atoms with E-state index in [1.165, 1.54) is 0 Å². The molecule has 1 aliphatic heterocycles. The van der Waals surface area contributed by atoms with Crippen molar-refractivity contribution in [1.29, 1.82) is 5.41 Å². The summed E-state index contributed by atoms with van der Waals surface area (Å²) >= 11 is 5.90.